The van der Waals surface area contributed by atoms with E-state index in [2.05, 4.69) is 32.5 Å². The van der Waals surface area contributed by atoms with Crippen LogP contribution in [0.3, 0.4) is 0 Å². The van der Waals surface area contributed by atoms with Gasteiger partial charge in [0.2, 0.25) is 0 Å². The Balaban J connectivity index is 2.03. The molecule has 0 atom stereocenters. The summed E-state index contributed by atoms with van der Waals surface area (Å²) in [6, 6.07) is 23.4. The fourth-order valence-corrected chi connectivity index (χ4v) is 2.66. The summed E-state index contributed by atoms with van der Waals surface area (Å²) in [4.78, 5) is 9.01. The van der Waals surface area contributed by atoms with E-state index in [4.69, 9.17) is 5.73 Å². The van der Waals surface area contributed by atoms with Crippen molar-refractivity contribution in [3.63, 3.8) is 0 Å². The van der Waals surface area contributed by atoms with Crippen LogP contribution in [0.4, 0.5) is 0 Å². The minimum Gasteiger partial charge on any atom is -0.383 e. The van der Waals surface area contributed by atoms with E-state index in [0.717, 1.165) is 32.6 Å². The van der Waals surface area contributed by atoms with Crippen LogP contribution in [0.1, 0.15) is 16.8 Å². The Bertz CT molecular complexity index is 944. The molecule has 0 unspecified atom stereocenters. The largest absolute Gasteiger partial charge is 0.383 e. The first kappa shape index (κ1) is 17.8. The van der Waals surface area contributed by atoms with Crippen LogP contribution in [-0.2, 0) is 0 Å². The summed E-state index contributed by atoms with van der Waals surface area (Å²) >= 11 is 3.46. The summed E-state index contributed by atoms with van der Waals surface area (Å²) in [6.07, 6.45) is 3.65. The molecule has 0 spiro atoms. The van der Waals surface area contributed by atoms with Crippen molar-refractivity contribution in [3.8, 4) is 0 Å². The van der Waals surface area contributed by atoms with E-state index in [1.165, 1.54) is 0 Å². The second-order valence-corrected chi connectivity index (χ2v) is 6.56. The van der Waals surface area contributed by atoms with Crippen LogP contribution in [0.2, 0.25) is 0 Å². The van der Waals surface area contributed by atoms with Gasteiger partial charge in [-0.05, 0) is 35.9 Å². The third-order valence-corrected chi connectivity index (χ3v) is 4.28. The van der Waals surface area contributed by atoms with Gasteiger partial charge in [-0.2, -0.15) is 0 Å². The molecule has 0 saturated carbocycles. The molecule has 0 radical (unpaired) electrons. The van der Waals surface area contributed by atoms with Crippen LogP contribution in [0.25, 0.3) is 11.3 Å². The van der Waals surface area contributed by atoms with Gasteiger partial charge in [0.25, 0.3) is 0 Å². The van der Waals surface area contributed by atoms with Gasteiger partial charge in [0, 0.05) is 21.8 Å². The number of halogens is 1. The lowest BCUT2D eigenvalue weighted by molar-refractivity contribution is 1.28. The topological polar surface area (TPSA) is 51.3 Å². The molecule has 0 bridgehead atoms. The van der Waals surface area contributed by atoms with Gasteiger partial charge >= 0.3 is 0 Å². The maximum atomic E-state index is 6.23. The average Bonchev–Trinajstić information content (AvgIpc) is 2.69. The number of nitrogens with zero attached hydrogens (tertiary/aromatic N) is 2. The van der Waals surface area contributed by atoms with Crippen molar-refractivity contribution >= 4 is 33.0 Å². The van der Waals surface area contributed by atoms with Gasteiger partial charge in [0.05, 0.1) is 11.4 Å². The smallest absolute Gasteiger partial charge is 0.131 e. The number of rotatable bonds is 5. The van der Waals surface area contributed by atoms with Crippen molar-refractivity contribution < 1.29 is 0 Å². The molecular weight excluding hydrogens is 386 g/mol. The quantitative estimate of drug-likeness (QED) is 0.356. The van der Waals surface area contributed by atoms with E-state index in [1.54, 1.807) is 6.20 Å². The van der Waals surface area contributed by atoms with E-state index < -0.39 is 0 Å². The zero-order valence-electron chi connectivity index (χ0n) is 14.1. The lowest BCUT2D eigenvalue weighted by Crippen LogP contribution is -2.13. The minimum absolute atomic E-state index is 0.452. The van der Waals surface area contributed by atoms with E-state index >= 15 is 0 Å². The maximum absolute atomic E-state index is 6.23. The second kappa shape index (κ2) is 8.41. The fourth-order valence-electron chi connectivity index (χ4n) is 2.40. The Hall–Kier alpha value is -2.98. The van der Waals surface area contributed by atoms with Crippen molar-refractivity contribution in [3.05, 3.63) is 113 Å². The van der Waals surface area contributed by atoms with Gasteiger partial charge in [0.15, 0.2) is 0 Å². The summed E-state index contributed by atoms with van der Waals surface area (Å²) in [5, 5.41) is 0. The SMILES string of the molecule is C=C(/C=C(\N=C(/N)c1ccccc1)c1ccc(Br)cc1)c1ccccn1. The molecule has 0 amide bonds. The molecule has 3 aromatic rings. The minimum atomic E-state index is 0.452. The molecule has 128 valence electrons. The molecule has 4 heteroatoms. The summed E-state index contributed by atoms with van der Waals surface area (Å²) in [5.41, 5.74) is 10.4. The standard InChI is InChI=1S/C22H18BrN3/c1-16(20-9-5-6-14-25-20)15-21(17-10-12-19(23)13-11-17)26-22(24)18-7-3-2-4-8-18/h2-15H,1H2,(H2,24,26)/b21-15-. The molecule has 2 N–H and O–H groups in total. The van der Waals surface area contributed by atoms with Crippen LogP contribution in [0.5, 0.6) is 0 Å². The summed E-state index contributed by atoms with van der Waals surface area (Å²) in [7, 11) is 0. The Kier molecular flexibility index (Phi) is 5.77. The Morgan fingerprint density at radius 2 is 1.62 bits per heavy atom. The van der Waals surface area contributed by atoms with Crippen LogP contribution < -0.4 is 5.73 Å². The number of allylic oxidation sites excluding steroid dienone is 2. The predicted octanol–water partition coefficient (Wildman–Crippen LogP) is 5.30. The highest BCUT2D eigenvalue weighted by Crippen LogP contribution is 2.23. The molecule has 26 heavy (non-hydrogen) atoms. The molecular formula is C22H18BrN3. The predicted molar refractivity (Wildman–Crippen MR) is 113 cm³/mol. The van der Waals surface area contributed by atoms with Crippen LogP contribution in [0.15, 0.2) is 101 Å². The number of hydrogen-bond acceptors (Lipinski definition) is 2. The van der Waals surface area contributed by atoms with Crippen LogP contribution >= 0.6 is 15.9 Å². The van der Waals surface area contributed by atoms with E-state index in [9.17, 15) is 0 Å². The first-order chi connectivity index (χ1) is 12.6. The van der Waals surface area contributed by atoms with Crippen LogP contribution in [-0.4, -0.2) is 10.8 Å². The van der Waals surface area contributed by atoms with Gasteiger partial charge in [-0.3, -0.25) is 4.98 Å². The lowest BCUT2D eigenvalue weighted by Gasteiger charge is -2.08. The molecule has 0 aliphatic carbocycles. The van der Waals surface area contributed by atoms with Crippen molar-refractivity contribution in [2.75, 3.05) is 0 Å². The van der Waals surface area contributed by atoms with Crippen molar-refractivity contribution in [1.29, 1.82) is 0 Å². The second-order valence-electron chi connectivity index (χ2n) is 5.64. The molecule has 0 aliphatic rings. The molecule has 0 aliphatic heterocycles. The highest BCUT2D eigenvalue weighted by atomic mass is 79.9. The highest BCUT2D eigenvalue weighted by molar-refractivity contribution is 9.10. The number of amidine groups is 1. The Labute approximate surface area is 161 Å². The van der Waals surface area contributed by atoms with Gasteiger partial charge in [0.1, 0.15) is 5.84 Å². The summed E-state index contributed by atoms with van der Waals surface area (Å²) in [5.74, 6) is 0.452. The summed E-state index contributed by atoms with van der Waals surface area (Å²) in [6.45, 7) is 4.13. The van der Waals surface area contributed by atoms with Crippen molar-refractivity contribution in [1.82, 2.24) is 4.98 Å². The number of hydrogen-bond donors (Lipinski definition) is 1. The van der Waals surface area contributed by atoms with E-state index in [0.29, 0.717) is 5.84 Å². The van der Waals surface area contributed by atoms with Gasteiger partial charge < -0.3 is 5.73 Å². The molecule has 3 nitrogen and oxygen atoms in total. The number of aromatic nitrogens is 1. The van der Waals surface area contributed by atoms with Gasteiger partial charge in [-0.15, -0.1) is 0 Å². The van der Waals surface area contributed by atoms with Crippen molar-refractivity contribution in [2.45, 2.75) is 0 Å². The summed E-state index contributed by atoms with van der Waals surface area (Å²) < 4.78 is 1.00. The fraction of sp³-hybridized carbons (Fsp3) is 0. The number of nitrogens with two attached hydrogens (primary N) is 1. The Morgan fingerprint density at radius 1 is 0.923 bits per heavy atom. The molecule has 3 rings (SSSR count). The molecule has 1 aromatic heterocycles. The molecule has 0 saturated heterocycles. The lowest BCUT2D eigenvalue weighted by atomic mass is 10.1. The van der Waals surface area contributed by atoms with Gasteiger partial charge in [-0.25, -0.2) is 4.99 Å². The monoisotopic (exact) mass is 403 g/mol. The maximum Gasteiger partial charge on any atom is 0.131 e. The number of pyridine rings is 1. The number of benzene rings is 2. The first-order valence-corrected chi connectivity index (χ1v) is 8.90. The molecule has 1 heterocycles. The molecule has 2 aromatic carbocycles. The zero-order valence-corrected chi connectivity index (χ0v) is 15.7. The van der Waals surface area contributed by atoms with E-state index in [-0.39, 0.29) is 0 Å². The molecule has 0 fully saturated rings. The first-order valence-electron chi connectivity index (χ1n) is 8.11. The zero-order chi connectivity index (χ0) is 18.4. The van der Waals surface area contributed by atoms with Crippen LogP contribution in [0, 0.1) is 0 Å². The van der Waals surface area contributed by atoms with Gasteiger partial charge in [-0.1, -0.05) is 71.0 Å². The van der Waals surface area contributed by atoms with E-state index in [1.807, 2.05) is 78.9 Å². The highest BCUT2D eigenvalue weighted by Gasteiger charge is 2.06. The number of aliphatic imine (C=N–C) groups is 1. The third kappa shape index (κ3) is 4.55. The Morgan fingerprint density at radius 3 is 2.27 bits per heavy atom. The third-order valence-electron chi connectivity index (χ3n) is 3.76. The normalized spacial score (nSPS) is 12.0. The van der Waals surface area contributed by atoms with Crippen molar-refractivity contribution in [2.24, 2.45) is 10.7 Å². The average molecular weight is 404 g/mol.